The molecular formula is C27H25N7O3. The Hall–Kier alpha value is -4.75. The molecule has 0 aliphatic carbocycles. The van der Waals surface area contributed by atoms with Gasteiger partial charge in [-0.05, 0) is 48.7 Å². The number of amides is 2. The van der Waals surface area contributed by atoms with Crippen molar-refractivity contribution in [1.82, 2.24) is 19.9 Å². The largest absolute Gasteiger partial charge is 0.378 e. The third kappa shape index (κ3) is 5.74. The number of benzene rings is 1. The molecular weight excluding hydrogens is 470 g/mol. The van der Waals surface area contributed by atoms with E-state index in [-0.39, 0.29) is 12.3 Å². The van der Waals surface area contributed by atoms with E-state index in [1.807, 2.05) is 24.3 Å². The summed E-state index contributed by atoms with van der Waals surface area (Å²) in [4.78, 5) is 42.8. The fourth-order valence-corrected chi connectivity index (χ4v) is 4.09. The summed E-state index contributed by atoms with van der Waals surface area (Å²) in [7, 11) is 0. The second-order valence-corrected chi connectivity index (χ2v) is 8.41. The summed E-state index contributed by atoms with van der Waals surface area (Å²) in [6.45, 7) is 4.55. The maximum absolute atomic E-state index is 12.5. The van der Waals surface area contributed by atoms with Crippen LogP contribution in [-0.2, 0) is 20.7 Å². The number of aromatic nitrogens is 4. The molecule has 37 heavy (non-hydrogen) atoms. The number of rotatable bonds is 6. The predicted molar refractivity (Wildman–Crippen MR) is 141 cm³/mol. The highest BCUT2D eigenvalue weighted by Gasteiger charge is 2.17. The first-order chi connectivity index (χ1) is 18.1. The van der Waals surface area contributed by atoms with Crippen LogP contribution in [0.25, 0.3) is 22.3 Å². The molecule has 3 aromatic heterocycles. The van der Waals surface area contributed by atoms with Crippen molar-refractivity contribution in [2.45, 2.75) is 13.3 Å². The number of hydrogen-bond acceptors (Lipinski definition) is 7. The number of ether oxygens (including phenoxy) is 1. The average molecular weight is 496 g/mol. The summed E-state index contributed by atoms with van der Waals surface area (Å²) in [5.74, 6) is 5.24. The first kappa shape index (κ1) is 24.0. The van der Waals surface area contributed by atoms with Gasteiger partial charge in [-0.25, -0.2) is 9.97 Å². The molecule has 1 aliphatic heterocycles. The molecule has 10 nitrogen and oxygen atoms in total. The van der Waals surface area contributed by atoms with E-state index in [0.29, 0.717) is 30.3 Å². The third-order valence-electron chi connectivity index (χ3n) is 5.86. The van der Waals surface area contributed by atoms with Crippen molar-refractivity contribution >= 4 is 40.0 Å². The lowest BCUT2D eigenvalue weighted by Gasteiger charge is -2.27. The highest BCUT2D eigenvalue weighted by atomic mass is 16.5. The van der Waals surface area contributed by atoms with Gasteiger partial charge in [-0.1, -0.05) is 18.1 Å². The number of nitrogens with one attached hydrogen (secondary N) is 3. The van der Waals surface area contributed by atoms with Gasteiger partial charge in [-0.2, -0.15) is 0 Å². The molecule has 1 aromatic carbocycles. The van der Waals surface area contributed by atoms with Crippen LogP contribution in [0, 0.1) is 11.8 Å². The summed E-state index contributed by atoms with van der Waals surface area (Å²) >= 11 is 0. The minimum atomic E-state index is -0.406. The van der Waals surface area contributed by atoms with E-state index >= 15 is 0 Å². The topological polar surface area (TPSA) is 125 Å². The van der Waals surface area contributed by atoms with Gasteiger partial charge in [0.25, 0.3) is 5.91 Å². The lowest BCUT2D eigenvalue weighted by molar-refractivity contribution is -0.115. The zero-order valence-corrected chi connectivity index (χ0v) is 20.2. The van der Waals surface area contributed by atoms with Crippen molar-refractivity contribution in [2.24, 2.45) is 0 Å². The predicted octanol–water partition coefficient (Wildman–Crippen LogP) is 3.00. The standard InChI is InChI=1S/C27H25N7O3/c1-2-3-24(35)32-21-9-8-20(28-16-21)14-25(36)31-19-6-4-18(5-7-19)23-15-22-26(33-23)29-17-30-27(22)34-10-12-37-13-11-34/h4-9,15-17H,10-14H2,1H3,(H,31,36)(H,32,35)(H,29,30,33). The van der Waals surface area contributed by atoms with Crippen LogP contribution in [0.4, 0.5) is 17.2 Å². The van der Waals surface area contributed by atoms with Crippen molar-refractivity contribution in [3.05, 3.63) is 60.7 Å². The van der Waals surface area contributed by atoms with E-state index in [1.165, 1.54) is 6.20 Å². The summed E-state index contributed by atoms with van der Waals surface area (Å²) in [5.41, 5.74) is 4.46. The summed E-state index contributed by atoms with van der Waals surface area (Å²) in [6.07, 6.45) is 3.18. The van der Waals surface area contributed by atoms with Gasteiger partial charge >= 0.3 is 0 Å². The van der Waals surface area contributed by atoms with E-state index in [0.717, 1.165) is 41.2 Å². The summed E-state index contributed by atoms with van der Waals surface area (Å²) < 4.78 is 5.46. The highest BCUT2D eigenvalue weighted by molar-refractivity contribution is 6.03. The first-order valence-corrected chi connectivity index (χ1v) is 11.8. The molecule has 186 valence electrons. The van der Waals surface area contributed by atoms with E-state index < -0.39 is 5.91 Å². The van der Waals surface area contributed by atoms with E-state index in [2.05, 4.69) is 53.4 Å². The van der Waals surface area contributed by atoms with Gasteiger partial charge in [-0.3, -0.25) is 14.6 Å². The Morgan fingerprint density at radius 1 is 1.03 bits per heavy atom. The molecule has 0 radical (unpaired) electrons. The number of anilines is 3. The van der Waals surface area contributed by atoms with Crippen LogP contribution < -0.4 is 15.5 Å². The molecule has 1 aliphatic rings. The number of fused-ring (bicyclic) bond motifs is 1. The normalized spacial score (nSPS) is 13.1. The molecule has 4 heterocycles. The molecule has 0 bridgehead atoms. The average Bonchev–Trinajstić information content (AvgIpc) is 3.35. The molecule has 10 heteroatoms. The molecule has 3 N–H and O–H groups in total. The molecule has 0 atom stereocenters. The Balaban J connectivity index is 1.22. The minimum absolute atomic E-state index is 0.107. The van der Waals surface area contributed by atoms with Gasteiger partial charge < -0.3 is 25.3 Å². The number of carbonyl (C=O) groups is 2. The van der Waals surface area contributed by atoms with Crippen molar-refractivity contribution in [1.29, 1.82) is 0 Å². The zero-order valence-electron chi connectivity index (χ0n) is 20.2. The van der Waals surface area contributed by atoms with E-state index in [4.69, 9.17) is 4.74 Å². The van der Waals surface area contributed by atoms with Gasteiger partial charge in [0.1, 0.15) is 17.8 Å². The molecule has 1 saturated heterocycles. The van der Waals surface area contributed by atoms with Gasteiger partial charge in [0.05, 0.1) is 36.9 Å². The number of pyridine rings is 1. The molecule has 4 aromatic rings. The molecule has 0 unspecified atom stereocenters. The van der Waals surface area contributed by atoms with Crippen LogP contribution in [0.5, 0.6) is 0 Å². The van der Waals surface area contributed by atoms with Crippen molar-refractivity contribution < 1.29 is 14.3 Å². The molecule has 1 fully saturated rings. The maximum atomic E-state index is 12.5. The van der Waals surface area contributed by atoms with Crippen LogP contribution in [0.3, 0.4) is 0 Å². The first-order valence-electron chi connectivity index (χ1n) is 11.8. The monoisotopic (exact) mass is 495 g/mol. The maximum Gasteiger partial charge on any atom is 0.300 e. The van der Waals surface area contributed by atoms with Crippen molar-refractivity contribution in [3.8, 4) is 23.1 Å². The lowest BCUT2D eigenvalue weighted by atomic mass is 10.1. The Kier molecular flexibility index (Phi) is 7.05. The van der Waals surface area contributed by atoms with Crippen LogP contribution in [0.1, 0.15) is 12.6 Å². The van der Waals surface area contributed by atoms with Crippen molar-refractivity contribution in [2.75, 3.05) is 41.8 Å². The lowest BCUT2D eigenvalue weighted by Crippen LogP contribution is -2.36. The molecule has 5 rings (SSSR count). The minimum Gasteiger partial charge on any atom is -0.378 e. The second-order valence-electron chi connectivity index (χ2n) is 8.41. The van der Waals surface area contributed by atoms with E-state index in [1.54, 1.807) is 25.4 Å². The summed E-state index contributed by atoms with van der Waals surface area (Å²) in [5, 5.41) is 6.48. The fourth-order valence-electron chi connectivity index (χ4n) is 4.09. The molecule has 0 spiro atoms. The second kappa shape index (κ2) is 10.9. The Labute approximate surface area is 213 Å². The van der Waals surface area contributed by atoms with Crippen LogP contribution in [0.15, 0.2) is 55.0 Å². The zero-order chi connectivity index (χ0) is 25.6. The Morgan fingerprint density at radius 2 is 1.81 bits per heavy atom. The number of nitrogens with zero attached hydrogens (tertiary/aromatic N) is 4. The molecule has 2 amide bonds. The Bertz CT molecular complexity index is 1480. The van der Waals surface area contributed by atoms with Gasteiger partial charge in [0.2, 0.25) is 5.91 Å². The fraction of sp³-hybridized carbons (Fsp3) is 0.222. The van der Waals surface area contributed by atoms with Gasteiger partial charge in [0, 0.05) is 30.2 Å². The van der Waals surface area contributed by atoms with Gasteiger partial charge in [-0.15, -0.1) is 0 Å². The summed E-state index contributed by atoms with van der Waals surface area (Å²) in [6, 6.07) is 13.0. The van der Waals surface area contributed by atoms with Crippen LogP contribution in [0.2, 0.25) is 0 Å². The highest BCUT2D eigenvalue weighted by Crippen LogP contribution is 2.29. The SMILES string of the molecule is CC#CC(=O)Nc1ccc(CC(=O)Nc2ccc(-c3cc4c(N5CCOCC5)ncnc4[nH]3)cc2)nc1. The smallest absolute Gasteiger partial charge is 0.300 e. The molecule has 0 saturated carbocycles. The van der Waals surface area contributed by atoms with E-state index in [9.17, 15) is 9.59 Å². The number of carbonyl (C=O) groups excluding carboxylic acids is 2. The van der Waals surface area contributed by atoms with Crippen LogP contribution in [-0.4, -0.2) is 58.1 Å². The number of hydrogen-bond donors (Lipinski definition) is 3. The van der Waals surface area contributed by atoms with Gasteiger partial charge in [0.15, 0.2) is 0 Å². The Morgan fingerprint density at radius 3 is 2.54 bits per heavy atom. The third-order valence-corrected chi connectivity index (χ3v) is 5.86. The van der Waals surface area contributed by atoms with Crippen molar-refractivity contribution in [3.63, 3.8) is 0 Å². The number of aromatic amines is 1. The van der Waals surface area contributed by atoms with Crippen LogP contribution >= 0.6 is 0 Å². The quantitative estimate of drug-likeness (QED) is 0.351. The number of H-pyrrole nitrogens is 1. The number of morpholine rings is 1.